The summed E-state index contributed by atoms with van der Waals surface area (Å²) >= 11 is 1.41. The van der Waals surface area contributed by atoms with Gasteiger partial charge in [0.05, 0.1) is 4.92 Å². The van der Waals surface area contributed by atoms with Gasteiger partial charge in [0.2, 0.25) is 0 Å². The van der Waals surface area contributed by atoms with Gasteiger partial charge in [-0.3, -0.25) is 14.9 Å². The molecule has 7 nitrogen and oxygen atoms in total. The van der Waals surface area contributed by atoms with Crippen molar-refractivity contribution in [2.24, 2.45) is 0 Å². The Morgan fingerprint density at radius 2 is 1.79 bits per heavy atom. The van der Waals surface area contributed by atoms with E-state index >= 15 is 0 Å². The first-order valence-corrected chi connectivity index (χ1v) is 9.40. The molecule has 0 fully saturated rings. The number of thioether (sulfide) groups is 1. The fourth-order valence-corrected chi connectivity index (χ4v) is 3.80. The molecule has 28 heavy (non-hydrogen) atoms. The third kappa shape index (κ3) is 3.49. The molecule has 0 aliphatic carbocycles. The van der Waals surface area contributed by atoms with Crippen molar-refractivity contribution in [1.29, 1.82) is 0 Å². The molecule has 1 heterocycles. The molecule has 0 spiro atoms. The van der Waals surface area contributed by atoms with Crippen LogP contribution < -0.4 is 0 Å². The zero-order chi connectivity index (χ0) is 19.5. The molecule has 0 radical (unpaired) electrons. The summed E-state index contributed by atoms with van der Waals surface area (Å²) in [5, 5.41) is 21.5. The number of rotatable bonds is 5. The zero-order valence-corrected chi connectivity index (χ0v) is 15.4. The van der Waals surface area contributed by atoms with Gasteiger partial charge in [-0.1, -0.05) is 54.2 Å². The van der Waals surface area contributed by atoms with Crippen LogP contribution in [0, 0.1) is 10.1 Å². The largest absolute Gasteiger partial charge is 0.269 e. The minimum atomic E-state index is -0.501. The highest BCUT2D eigenvalue weighted by molar-refractivity contribution is 7.98. The van der Waals surface area contributed by atoms with Crippen molar-refractivity contribution < 1.29 is 9.72 Å². The van der Waals surface area contributed by atoms with Crippen LogP contribution in [0.1, 0.15) is 15.9 Å². The Morgan fingerprint density at radius 3 is 2.57 bits per heavy atom. The van der Waals surface area contributed by atoms with Gasteiger partial charge in [0.25, 0.3) is 11.6 Å². The molecule has 0 bridgehead atoms. The van der Waals surface area contributed by atoms with E-state index in [1.165, 1.54) is 46.9 Å². The fourth-order valence-electron chi connectivity index (χ4n) is 2.89. The van der Waals surface area contributed by atoms with Gasteiger partial charge in [-0.05, 0) is 28.5 Å². The molecule has 0 atom stereocenters. The molecule has 0 saturated carbocycles. The topological polar surface area (TPSA) is 90.9 Å². The number of nitrogens with zero attached hydrogens (tertiary/aromatic N) is 4. The van der Waals surface area contributed by atoms with Gasteiger partial charge < -0.3 is 0 Å². The number of carbonyl (C=O) groups is 1. The minimum absolute atomic E-state index is 0.0640. The highest BCUT2D eigenvalue weighted by Crippen LogP contribution is 2.26. The number of carbonyl (C=O) groups excluding carboxylic acids is 1. The summed E-state index contributed by atoms with van der Waals surface area (Å²) in [7, 11) is 0. The van der Waals surface area contributed by atoms with Crippen molar-refractivity contribution in [1.82, 2.24) is 14.8 Å². The second-order valence-corrected chi connectivity index (χ2v) is 6.96. The van der Waals surface area contributed by atoms with Gasteiger partial charge >= 0.3 is 0 Å². The van der Waals surface area contributed by atoms with E-state index in [0.29, 0.717) is 16.5 Å². The van der Waals surface area contributed by atoms with Crippen LogP contribution in [0.5, 0.6) is 0 Å². The maximum absolute atomic E-state index is 12.7. The first-order valence-electron chi connectivity index (χ1n) is 8.42. The Labute approximate surface area is 164 Å². The number of nitro benzene ring substituents is 1. The summed E-state index contributed by atoms with van der Waals surface area (Å²) in [6.07, 6.45) is 1.36. The summed E-state index contributed by atoms with van der Waals surface area (Å²) in [6, 6.07) is 19.7. The summed E-state index contributed by atoms with van der Waals surface area (Å²) < 4.78 is 1.36. The Bertz CT molecular complexity index is 1170. The molecular formula is C20H14N4O3S. The molecule has 8 heteroatoms. The summed E-state index contributed by atoms with van der Waals surface area (Å²) in [4.78, 5) is 23.0. The van der Waals surface area contributed by atoms with E-state index in [-0.39, 0.29) is 11.6 Å². The van der Waals surface area contributed by atoms with Crippen molar-refractivity contribution >= 4 is 34.1 Å². The Morgan fingerprint density at radius 1 is 1.04 bits per heavy atom. The van der Waals surface area contributed by atoms with Crippen molar-refractivity contribution in [3.05, 3.63) is 94.3 Å². The third-order valence-corrected chi connectivity index (χ3v) is 5.29. The van der Waals surface area contributed by atoms with E-state index in [9.17, 15) is 14.9 Å². The first kappa shape index (κ1) is 17.9. The summed E-state index contributed by atoms with van der Waals surface area (Å²) in [5.41, 5.74) is 1.41. The lowest BCUT2D eigenvalue weighted by Gasteiger charge is -2.07. The van der Waals surface area contributed by atoms with Gasteiger partial charge in [-0.2, -0.15) is 0 Å². The number of hydrogen-bond acceptors (Lipinski definition) is 6. The highest BCUT2D eigenvalue weighted by atomic mass is 32.2. The first-order chi connectivity index (χ1) is 13.6. The average Bonchev–Trinajstić information content (AvgIpc) is 3.20. The third-order valence-electron chi connectivity index (χ3n) is 4.30. The van der Waals surface area contributed by atoms with Crippen LogP contribution in [-0.4, -0.2) is 25.6 Å². The van der Waals surface area contributed by atoms with Crippen LogP contribution >= 0.6 is 11.8 Å². The lowest BCUT2D eigenvalue weighted by atomic mass is 10.1. The Kier molecular flexibility index (Phi) is 4.86. The predicted molar refractivity (Wildman–Crippen MR) is 106 cm³/mol. The van der Waals surface area contributed by atoms with E-state index in [1.807, 2.05) is 24.3 Å². The standard InChI is InChI=1S/C20H14N4O3S/c25-19(15-8-10-17(11-9-15)24(26)27)23-13-21-22-20(23)28-12-16-6-3-5-14-4-1-2-7-18(14)16/h1-11,13H,12H2. The second-order valence-electron chi connectivity index (χ2n) is 6.02. The number of benzene rings is 3. The Balaban J connectivity index is 1.55. The van der Waals surface area contributed by atoms with Crippen LogP contribution in [0.15, 0.2) is 78.2 Å². The summed E-state index contributed by atoms with van der Waals surface area (Å²) in [5.74, 6) is 0.299. The number of fused-ring (bicyclic) bond motifs is 1. The van der Waals surface area contributed by atoms with E-state index < -0.39 is 4.92 Å². The lowest BCUT2D eigenvalue weighted by Crippen LogP contribution is -2.12. The zero-order valence-electron chi connectivity index (χ0n) is 14.6. The highest BCUT2D eigenvalue weighted by Gasteiger charge is 2.16. The van der Waals surface area contributed by atoms with E-state index in [0.717, 1.165) is 16.3 Å². The molecule has 0 aliphatic heterocycles. The number of aromatic nitrogens is 3. The molecule has 0 N–H and O–H groups in total. The van der Waals surface area contributed by atoms with Crippen molar-refractivity contribution in [3.8, 4) is 0 Å². The van der Waals surface area contributed by atoms with Gasteiger partial charge in [0.15, 0.2) is 5.16 Å². The monoisotopic (exact) mass is 390 g/mol. The number of non-ortho nitro benzene ring substituents is 1. The predicted octanol–water partition coefficient (Wildman–Crippen LogP) is 4.32. The molecule has 138 valence electrons. The maximum atomic E-state index is 12.7. The SMILES string of the molecule is O=C(c1ccc([N+](=O)[O-])cc1)n1cnnc1SCc1cccc2ccccc12. The van der Waals surface area contributed by atoms with E-state index in [4.69, 9.17) is 0 Å². The second kappa shape index (κ2) is 7.61. The van der Waals surface area contributed by atoms with Crippen LogP contribution in [0.2, 0.25) is 0 Å². The molecule has 0 saturated heterocycles. The van der Waals surface area contributed by atoms with Gasteiger partial charge in [-0.15, -0.1) is 10.2 Å². The number of nitro groups is 1. The van der Waals surface area contributed by atoms with Crippen LogP contribution in [0.3, 0.4) is 0 Å². The van der Waals surface area contributed by atoms with Crippen molar-refractivity contribution in [2.45, 2.75) is 10.9 Å². The van der Waals surface area contributed by atoms with Gasteiger partial charge in [0, 0.05) is 23.4 Å². The normalized spacial score (nSPS) is 10.9. The lowest BCUT2D eigenvalue weighted by molar-refractivity contribution is -0.384. The number of hydrogen-bond donors (Lipinski definition) is 0. The molecule has 4 aromatic rings. The molecule has 0 aliphatic rings. The molecule has 3 aromatic carbocycles. The molecule has 0 unspecified atom stereocenters. The molecule has 0 amide bonds. The quantitative estimate of drug-likeness (QED) is 0.286. The van der Waals surface area contributed by atoms with Crippen LogP contribution in [-0.2, 0) is 5.75 Å². The average molecular weight is 390 g/mol. The van der Waals surface area contributed by atoms with Crippen LogP contribution in [0.4, 0.5) is 5.69 Å². The van der Waals surface area contributed by atoms with Gasteiger partial charge in [0.1, 0.15) is 6.33 Å². The van der Waals surface area contributed by atoms with Crippen molar-refractivity contribution in [2.75, 3.05) is 0 Å². The molecular weight excluding hydrogens is 376 g/mol. The van der Waals surface area contributed by atoms with Crippen LogP contribution in [0.25, 0.3) is 10.8 Å². The fraction of sp³-hybridized carbons (Fsp3) is 0.0500. The molecule has 4 rings (SSSR count). The van der Waals surface area contributed by atoms with E-state index in [1.54, 1.807) is 0 Å². The Hall–Kier alpha value is -3.52. The van der Waals surface area contributed by atoms with Gasteiger partial charge in [-0.25, -0.2) is 4.57 Å². The van der Waals surface area contributed by atoms with E-state index in [2.05, 4.69) is 28.4 Å². The smallest absolute Gasteiger partial charge is 0.268 e. The molecule has 1 aromatic heterocycles. The summed E-state index contributed by atoms with van der Waals surface area (Å²) in [6.45, 7) is 0. The minimum Gasteiger partial charge on any atom is -0.268 e. The maximum Gasteiger partial charge on any atom is 0.269 e. The van der Waals surface area contributed by atoms with Crippen molar-refractivity contribution in [3.63, 3.8) is 0 Å².